The number of hydrogen-bond donors (Lipinski definition) is 2. The van der Waals surface area contributed by atoms with Gasteiger partial charge in [0.25, 0.3) is 0 Å². The standard InChI is InChI=1S/C9H20N2/c1-2-3-8-11-9-6-4-5-7-10/h7,10-11H,2-6,8-9H2,1H3. The van der Waals surface area contributed by atoms with Crippen molar-refractivity contribution in [3.8, 4) is 0 Å². The van der Waals surface area contributed by atoms with E-state index in [-0.39, 0.29) is 0 Å². The van der Waals surface area contributed by atoms with E-state index >= 15 is 0 Å². The zero-order valence-corrected chi connectivity index (χ0v) is 7.53. The third kappa shape index (κ3) is 9.63. The molecule has 0 aliphatic carbocycles. The van der Waals surface area contributed by atoms with Crippen LogP contribution >= 0.6 is 0 Å². The molecule has 0 spiro atoms. The number of hydrogen-bond acceptors (Lipinski definition) is 2. The van der Waals surface area contributed by atoms with Crippen molar-refractivity contribution < 1.29 is 0 Å². The Morgan fingerprint density at radius 3 is 2.55 bits per heavy atom. The first-order valence-corrected chi connectivity index (χ1v) is 4.61. The van der Waals surface area contributed by atoms with Crippen LogP contribution in [0.5, 0.6) is 0 Å². The van der Waals surface area contributed by atoms with Crippen molar-refractivity contribution in [3.63, 3.8) is 0 Å². The van der Waals surface area contributed by atoms with Crippen molar-refractivity contribution in [1.29, 1.82) is 5.41 Å². The number of rotatable bonds is 8. The van der Waals surface area contributed by atoms with Crippen LogP contribution in [-0.4, -0.2) is 19.3 Å². The van der Waals surface area contributed by atoms with E-state index in [1.54, 1.807) is 0 Å². The molecule has 11 heavy (non-hydrogen) atoms. The van der Waals surface area contributed by atoms with Crippen LogP contribution in [0.2, 0.25) is 0 Å². The molecule has 2 heteroatoms. The van der Waals surface area contributed by atoms with Gasteiger partial charge in [-0.2, -0.15) is 0 Å². The minimum atomic E-state index is 0.940. The monoisotopic (exact) mass is 156 g/mol. The SMILES string of the molecule is CCCCNCCCCC=N. The molecular formula is C9H20N2. The first kappa shape index (κ1) is 10.6. The van der Waals surface area contributed by atoms with Gasteiger partial charge in [-0.25, -0.2) is 0 Å². The van der Waals surface area contributed by atoms with Gasteiger partial charge in [-0.1, -0.05) is 13.3 Å². The summed E-state index contributed by atoms with van der Waals surface area (Å²) in [6, 6.07) is 0. The lowest BCUT2D eigenvalue weighted by atomic mass is 10.2. The summed E-state index contributed by atoms with van der Waals surface area (Å²) >= 11 is 0. The molecule has 0 aromatic rings. The molecule has 0 radical (unpaired) electrons. The lowest BCUT2D eigenvalue weighted by Crippen LogP contribution is -2.16. The van der Waals surface area contributed by atoms with Crippen LogP contribution in [0, 0.1) is 5.41 Å². The maximum Gasteiger partial charge on any atom is -0.00477 e. The second kappa shape index (κ2) is 9.63. The van der Waals surface area contributed by atoms with E-state index in [0.717, 1.165) is 25.9 Å². The third-order valence-corrected chi connectivity index (χ3v) is 1.66. The molecule has 0 saturated carbocycles. The summed E-state index contributed by atoms with van der Waals surface area (Å²) in [6.45, 7) is 4.48. The Balaban J connectivity index is 2.74. The molecule has 0 fully saturated rings. The Morgan fingerprint density at radius 1 is 1.18 bits per heavy atom. The lowest BCUT2D eigenvalue weighted by molar-refractivity contribution is 0.606. The molecule has 0 amide bonds. The highest BCUT2D eigenvalue weighted by Crippen LogP contribution is 1.90. The molecule has 0 rings (SSSR count). The zero-order valence-electron chi connectivity index (χ0n) is 7.53. The van der Waals surface area contributed by atoms with Crippen molar-refractivity contribution >= 4 is 6.21 Å². The average molecular weight is 156 g/mol. The Kier molecular flexibility index (Phi) is 9.31. The number of unbranched alkanes of at least 4 members (excludes halogenated alkanes) is 3. The molecule has 66 valence electrons. The van der Waals surface area contributed by atoms with Gasteiger partial charge in [-0.3, -0.25) is 0 Å². The van der Waals surface area contributed by atoms with Crippen LogP contribution in [0.4, 0.5) is 0 Å². The topological polar surface area (TPSA) is 35.9 Å². The van der Waals surface area contributed by atoms with Gasteiger partial charge in [0, 0.05) is 0 Å². The predicted molar refractivity (Wildman–Crippen MR) is 50.4 cm³/mol. The molecule has 0 unspecified atom stereocenters. The molecule has 0 aliphatic rings. The van der Waals surface area contributed by atoms with E-state index in [1.165, 1.54) is 25.5 Å². The highest BCUT2D eigenvalue weighted by atomic mass is 14.8. The van der Waals surface area contributed by atoms with Gasteiger partial charge >= 0.3 is 0 Å². The van der Waals surface area contributed by atoms with Crippen LogP contribution in [0.25, 0.3) is 0 Å². The van der Waals surface area contributed by atoms with Crippen LogP contribution in [0.15, 0.2) is 0 Å². The first-order valence-electron chi connectivity index (χ1n) is 4.61. The molecule has 2 N–H and O–H groups in total. The molecule has 0 saturated heterocycles. The van der Waals surface area contributed by atoms with Crippen LogP contribution < -0.4 is 5.32 Å². The molecular weight excluding hydrogens is 136 g/mol. The fourth-order valence-corrected chi connectivity index (χ4v) is 0.923. The van der Waals surface area contributed by atoms with E-state index in [2.05, 4.69) is 12.2 Å². The van der Waals surface area contributed by atoms with Gasteiger partial charge in [0.05, 0.1) is 0 Å². The Morgan fingerprint density at radius 2 is 1.91 bits per heavy atom. The largest absolute Gasteiger partial charge is 0.317 e. The molecule has 0 aliphatic heterocycles. The normalized spacial score (nSPS) is 9.91. The van der Waals surface area contributed by atoms with Crippen LogP contribution in [-0.2, 0) is 0 Å². The van der Waals surface area contributed by atoms with E-state index in [1.807, 2.05) is 0 Å². The summed E-state index contributed by atoms with van der Waals surface area (Å²) in [5, 5.41) is 10.2. The van der Waals surface area contributed by atoms with E-state index in [0.29, 0.717) is 0 Å². The van der Waals surface area contributed by atoms with Gasteiger partial charge in [-0.05, 0) is 45.0 Å². The first-order chi connectivity index (χ1) is 5.41. The van der Waals surface area contributed by atoms with Gasteiger partial charge < -0.3 is 10.7 Å². The summed E-state index contributed by atoms with van der Waals surface area (Å²) < 4.78 is 0. The Bertz CT molecular complexity index is 81.6. The van der Waals surface area contributed by atoms with Crippen molar-refractivity contribution in [2.24, 2.45) is 0 Å². The second-order valence-electron chi connectivity index (χ2n) is 2.80. The maximum atomic E-state index is 6.80. The Hall–Kier alpha value is -0.370. The minimum Gasteiger partial charge on any atom is -0.317 e. The second-order valence-corrected chi connectivity index (χ2v) is 2.80. The molecule has 0 aromatic carbocycles. The van der Waals surface area contributed by atoms with Gasteiger partial charge in [0.1, 0.15) is 0 Å². The lowest BCUT2D eigenvalue weighted by Gasteiger charge is -2.01. The van der Waals surface area contributed by atoms with Gasteiger partial charge in [0.15, 0.2) is 0 Å². The van der Waals surface area contributed by atoms with Crippen molar-refractivity contribution in [2.75, 3.05) is 13.1 Å². The summed E-state index contributed by atoms with van der Waals surface area (Å²) in [6.07, 6.45) is 7.35. The quantitative estimate of drug-likeness (QED) is 0.410. The highest BCUT2D eigenvalue weighted by molar-refractivity contribution is 5.52. The van der Waals surface area contributed by atoms with Gasteiger partial charge in [-0.15, -0.1) is 0 Å². The summed E-state index contributed by atoms with van der Waals surface area (Å²) in [5.41, 5.74) is 0. The fourth-order valence-electron chi connectivity index (χ4n) is 0.923. The smallest absolute Gasteiger partial charge is 0.00477 e. The van der Waals surface area contributed by atoms with E-state index < -0.39 is 0 Å². The van der Waals surface area contributed by atoms with Crippen LogP contribution in [0.1, 0.15) is 39.0 Å². The molecule has 0 bridgehead atoms. The third-order valence-electron chi connectivity index (χ3n) is 1.66. The van der Waals surface area contributed by atoms with Crippen molar-refractivity contribution in [2.45, 2.75) is 39.0 Å². The Labute approximate surface area is 69.9 Å². The molecule has 2 nitrogen and oxygen atoms in total. The maximum absolute atomic E-state index is 6.80. The zero-order chi connectivity index (χ0) is 8.36. The predicted octanol–water partition coefficient (Wildman–Crippen LogP) is 2.20. The fraction of sp³-hybridized carbons (Fsp3) is 0.889. The summed E-state index contributed by atoms with van der Waals surface area (Å²) in [4.78, 5) is 0. The van der Waals surface area contributed by atoms with Crippen LogP contribution in [0.3, 0.4) is 0 Å². The number of nitrogens with one attached hydrogen (secondary N) is 2. The van der Waals surface area contributed by atoms with Crippen molar-refractivity contribution in [3.05, 3.63) is 0 Å². The molecule has 0 heterocycles. The van der Waals surface area contributed by atoms with E-state index in [4.69, 9.17) is 5.41 Å². The van der Waals surface area contributed by atoms with Crippen molar-refractivity contribution in [1.82, 2.24) is 5.32 Å². The van der Waals surface area contributed by atoms with E-state index in [9.17, 15) is 0 Å². The van der Waals surface area contributed by atoms with Gasteiger partial charge in [0.2, 0.25) is 0 Å². The average Bonchev–Trinajstić information content (AvgIpc) is 2.03. The molecule has 0 atom stereocenters. The molecule has 0 aromatic heterocycles. The highest BCUT2D eigenvalue weighted by Gasteiger charge is 1.86. The minimum absolute atomic E-state index is 0.940. The summed E-state index contributed by atoms with van der Waals surface area (Å²) in [5.74, 6) is 0. The summed E-state index contributed by atoms with van der Waals surface area (Å²) in [7, 11) is 0.